The Kier molecular flexibility index (Phi) is 6.16. The molecular formula is C21H25NO4S. The Morgan fingerprint density at radius 1 is 1.11 bits per heavy atom. The van der Waals surface area contributed by atoms with E-state index in [0.717, 1.165) is 12.0 Å². The number of para-hydroxylation sites is 1. The summed E-state index contributed by atoms with van der Waals surface area (Å²) in [5.74, 6) is 0.504. The number of ether oxygens (including phenoxy) is 1. The number of hydrogen-bond acceptors (Lipinski definition) is 4. The number of carbonyl (C=O) groups is 1. The van der Waals surface area contributed by atoms with E-state index in [0.29, 0.717) is 30.9 Å². The molecule has 1 fully saturated rings. The zero-order valence-corrected chi connectivity index (χ0v) is 16.3. The van der Waals surface area contributed by atoms with E-state index in [9.17, 15) is 13.2 Å². The average Bonchev–Trinajstić information content (AvgIpc) is 3.04. The van der Waals surface area contributed by atoms with Crippen LogP contribution in [0.1, 0.15) is 35.7 Å². The normalized spacial score (nSPS) is 18.2. The Morgan fingerprint density at radius 2 is 1.81 bits per heavy atom. The lowest BCUT2D eigenvalue weighted by Gasteiger charge is -2.29. The van der Waals surface area contributed by atoms with Gasteiger partial charge in [-0.3, -0.25) is 4.79 Å². The van der Waals surface area contributed by atoms with Gasteiger partial charge in [0.15, 0.2) is 9.84 Å². The van der Waals surface area contributed by atoms with Crippen molar-refractivity contribution >= 4 is 15.7 Å². The summed E-state index contributed by atoms with van der Waals surface area (Å²) in [6.07, 6.45) is 1.32. The number of amides is 1. The highest BCUT2D eigenvalue weighted by atomic mass is 32.2. The van der Waals surface area contributed by atoms with Crippen LogP contribution in [-0.4, -0.2) is 43.4 Å². The molecule has 6 heteroatoms. The first-order valence-corrected chi connectivity index (χ1v) is 11.1. The van der Waals surface area contributed by atoms with Crippen LogP contribution in [0.25, 0.3) is 0 Å². The lowest BCUT2D eigenvalue weighted by atomic mass is 10.1. The number of rotatable bonds is 7. The fourth-order valence-electron chi connectivity index (χ4n) is 3.30. The Morgan fingerprint density at radius 3 is 2.48 bits per heavy atom. The summed E-state index contributed by atoms with van der Waals surface area (Å²) in [6.45, 7) is 2.91. The summed E-state index contributed by atoms with van der Waals surface area (Å²) in [4.78, 5) is 15.1. The summed E-state index contributed by atoms with van der Waals surface area (Å²) < 4.78 is 29.8. The molecular weight excluding hydrogens is 362 g/mol. The maximum atomic E-state index is 13.4. The van der Waals surface area contributed by atoms with Gasteiger partial charge in [0.2, 0.25) is 0 Å². The Bertz CT molecular complexity index is 880. The second kappa shape index (κ2) is 8.57. The molecule has 0 aliphatic carbocycles. The molecule has 1 aliphatic heterocycles. The van der Waals surface area contributed by atoms with Crippen molar-refractivity contribution in [3.63, 3.8) is 0 Å². The van der Waals surface area contributed by atoms with Gasteiger partial charge in [-0.1, -0.05) is 49.4 Å². The molecule has 3 rings (SSSR count). The quantitative estimate of drug-likeness (QED) is 0.731. The van der Waals surface area contributed by atoms with Gasteiger partial charge in [-0.15, -0.1) is 0 Å². The molecule has 1 saturated heterocycles. The third-order valence-corrected chi connectivity index (χ3v) is 6.44. The second-order valence-corrected chi connectivity index (χ2v) is 9.05. The average molecular weight is 388 g/mol. The molecule has 0 unspecified atom stereocenters. The minimum Gasteiger partial charge on any atom is -0.493 e. The molecule has 144 valence electrons. The summed E-state index contributed by atoms with van der Waals surface area (Å²) >= 11 is 0. The van der Waals surface area contributed by atoms with Gasteiger partial charge in [0.05, 0.1) is 23.7 Å². The smallest absolute Gasteiger partial charge is 0.258 e. The van der Waals surface area contributed by atoms with E-state index < -0.39 is 9.84 Å². The molecule has 0 radical (unpaired) electrons. The van der Waals surface area contributed by atoms with Crippen LogP contribution >= 0.6 is 0 Å². The van der Waals surface area contributed by atoms with Gasteiger partial charge < -0.3 is 9.64 Å². The van der Waals surface area contributed by atoms with Gasteiger partial charge in [0.1, 0.15) is 5.75 Å². The van der Waals surface area contributed by atoms with Crippen LogP contribution in [0.3, 0.4) is 0 Å². The molecule has 0 bridgehead atoms. The third-order valence-electron chi connectivity index (χ3n) is 4.68. The highest BCUT2D eigenvalue weighted by Gasteiger charge is 2.35. The SMILES string of the molecule is CCCOc1ccccc1C(=O)N(Cc1ccccc1)[C@H]1CCS(=O)(=O)C1. The van der Waals surface area contributed by atoms with Crippen molar-refractivity contribution in [2.45, 2.75) is 32.4 Å². The molecule has 1 heterocycles. The number of carbonyl (C=O) groups excluding carboxylic acids is 1. The zero-order valence-electron chi connectivity index (χ0n) is 15.5. The number of sulfone groups is 1. The molecule has 0 aromatic heterocycles. The lowest BCUT2D eigenvalue weighted by Crippen LogP contribution is -2.40. The number of nitrogens with zero attached hydrogens (tertiary/aromatic N) is 1. The maximum absolute atomic E-state index is 13.4. The highest BCUT2D eigenvalue weighted by Crippen LogP contribution is 2.26. The second-order valence-electron chi connectivity index (χ2n) is 6.82. The Labute approximate surface area is 160 Å². The van der Waals surface area contributed by atoms with Crippen molar-refractivity contribution in [3.8, 4) is 5.75 Å². The molecule has 0 saturated carbocycles. The topological polar surface area (TPSA) is 63.7 Å². The van der Waals surface area contributed by atoms with Gasteiger partial charge in [-0.2, -0.15) is 0 Å². The first kappa shape index (κ1) is 19.4. The molecule has 1 aliphatic rings. The number of benzene rings is 2. The molecule has 5 nitrogen and oxygen atoms in total. The van der Waals surface area contributed by atoms with Crippen molar-refractivity contribution in [1.29, 1.82) is 0 Å². The van der Waals surface area contributed by atoms with Crippen LogP contribution in [0, 0.1) is 0 Å². The molecule has 1 atom stereocenters. The fraction of sp³-hybridized carbons (Fsp3) is 0.381. The third kappa shape index (κ3) is 4.89. The number of hydrogen-bond donors (Lipinski definition) is 0. The van der Waals surface area contributed by atoms with Crippen LogP contribution in [0.15, 0.2) is 54.6 Å². The molecule has 2 aromatic carbocycles. The van der Waals surface area contributed by atoms with Crippen LogP contribution in [0.5, 0.6) is 5.75 Å². The van der Waals surface area contributed by atoms with Crippen molar-refractivity contribution in [2.24, 2.45) is 0 Å². The van der Waals surface area contributed by atoms with Gasteiger partial charge in [0, 0.05) is 12.6 Å². The van der Waals surface area contributed by atoms with E-state index in [1.807, 2.05) is 43.3 Å². The molecule has 2 aromatic rings. The Hall–Kier alpha value is -2.34. The maximum Gasteiger partial charge on any atom is 0.258 e. The molecule has 0 N–H and O–H groups in total. The van der Waals surface area contributed by atoms with Crippen LogP contribution < -0.4 is 4.74 Å². The summed E-state index contributed by atoms with van der Waals surface area (Å²) in [7, 11) is -3.10. The summed E-state index contributed by atoms with van der Waals surface area (Å²) in [5.41, 5.74) is 1.45. The van der Waals surface area contributed by atoms with Crippen LogP contribution in [-0.2, 0) is 16.4 Å². The van der Waals surface area contributed by atoms with E-state index in [1.54, 1.807) is 23.1 Å². The molecule has 27 heavy (non-hydrogen) atoms. The standard InChI is InChI=1S/C21H25NO4S/c1-2-13-26-20-11-7-6-10-19(20)21(23)22(15-17-8-4-3-5-9-17)18-12-14-27(24,25)16-18/h3-11,18H,2,12-16H2,1H3/t18-/m0/s1. The van der Waals surface area contributed by atoms with E-state index in [2.05, 4.69) is 0 Å². The van der Waals surface area contributed by atoms with Crippen LogP contribution in [0.4, 0.5) is 0 Å². The highest BCUT2D eigenvalue weighted by molar-refractivity contribution is 7.91. The fourth-order valence-corrected chi connectivity index (χ4v) is 5.03. The van der Waals surface area contributed by atoms with Crippen molar-refractivity contribution in [2.75, 3.05) is 18.1 Å². The van der Waals surface area contributed by atoms with E-state index in [-0.39, 0.29) is 23.5 Å². The zero-order chi connectivity index (χ0) is 19.3. The first-order chi connectivity index (χ1) is 13.0. The predicted octanol–water partition coefficient (Wildman–Crippen LogP) is 3.30. The van der Waals surface area contributed by atoms with Gasteiger partial charge in [-0.25, -0.2) is 8.42 Å². The first-order valence-electron chi connectivity index (χ1n) is 9.27. The van der Waals surface area contributed by atoms with Crippen molar-refractivity contribution < 1.29 is 17.9 Å². The van der Waals surface area contributed by atoms with E-state index >= 15 is 0 Å². The lowest BCUT2D eigenvalue weighted by molar-refractivity contribution is 0.0676. The van der Waals surface area contributed by atoms with E-state index in [4.69, 9.17) is 4.74 Å². The van der Waals surface area contributed by atoms with Crippen LogP contribution in [0.2, 0.25) is 0 Å². The summed E-state index contributed by atoms with van der Waals surface area (Å²) in [5, 5.41) is 0. The van der Waals surface area contributed by atoms with Gasteiger partial charge in [0.25, 0.3) is 5.91 Å². The van der Waals surface area contributed by atoms with E-state index in [1.165, 1.54) is 0 Å². The largest absolute Gasteiger partial charge is 0.493 e. The minimum absolute atomic E-state index is 0.0174. The summed E-state index contributed by atoms with van der Waals surface area (Å²) in [6, 6.07) is 16.5. The van der Waals surface area contributed by atoms with Gasteiger partial charge in [-0.05, 0) is 30.5 Å². The molecule has 0 spiro atoms. The predicted molar refractivity (Wildman–Crippen MR) is 106 cm³/mol. The Balaban J connectivity index is 1.91. The molecule has 1 amide bonds. The van der Waals surface area contributed by atoms with Crippen molar-refractivity contribution in [1.82, 2.24) is 4.90 Å². The van der Waals surface area contributed by atoms with Gasteiger partial charge >= 0.3 is 0 Å². The monoisotopic (exact) mass is 387 g/mol. The minimum atomic E-state index is -3.10. The van der Waals surface area contributed by atoms with Crippen molar-refractivity contribution in [3.05, 3.63) is 65.7 Å².